The molecule has 0 saturated carbocycles. The summed E-state index contributed by atoms with van der Waals surface area (Å²) in [6.07, 6.45) is -0.456. The van der Waals surface area contributed by atoms with Crippen molar-refractivity contribution in [3.8, 4) is 0 Å². The van der Waals surface area contributed by atoms with Crippen LogP contribution in [0.25, 0.3) is 11.1 Å². The smallest absolute Gasteiger partial charge is 0.417 e. The molecule has 1 aliphatic heterocycles. The average Bonchev–Trinajstić information content (AvgIpc) is 3.08. The van der Waals surface area contributed by atoms with Gasteiger partial charge in [0.25, 0.3) is 0 Å². The van der Waals surface area contributed by atoms with E-state index in [-0.39, 0.29) is 17.9 Å². The van der Waals surface area contributed by atoms with Crippen molar-refractivity contribution in [1.29, 1.82) is 0 Å². The van der Waals surface area contributed by atoms with Gasteiger partial charge in [-0.05, 0) is 89.6 Å². The van der Waals surface area contributed by atoms with Crippen molar-refractivity contribution in [2.75, 3.05) is 26.3 Å². The fourth-order valence-corrected chi connectivity index (χ4v) is 6.11. The number of hydrogen-bond acceptors (Lipinski definition) is 3. The van der Waals surface area contributed by atoms with Crippen LogP contribution in [0.1, 0.15) is 63.1 Å². The molecule has 3 aromatic rings. The third-order valence-corrected chi connectivity index (χ3v) is 8.07. The van der Waals surface area contributed by atoms with Crippen LogP contribution in [0, 0.1) is 5.92 Å². The number of carboxylic acids is 1. The van der Waals surface area contributed by atoms with E-state index in [1.165, 1.54) is 6.07 Å². The summed E-state index contributed by atoms with van der Waals surface area (Å²) in [6.45, 7) is 2.35. The van der Waals surface area contributed by atoms with Crippen molar-refractivity contribution in [2.45, 2.75) is 38.3 Å². The second-order valence-corrected chi connectivity index (χ2v) is 10.9. The minimum atomic E-state index is -4.63. The minimum Gasteiger partial charge on any atom is -0.478 e. The number of rotatable bonds is 8. The summed E-state index contributed by atoms with van der Waals surface area (Å²) < 4.78 is 53.6. The van der Waals surface area contributed by atoms with Crippen LogP contribution >= 0.6 is 11.6 Å². The molecule has 1 saturated heterocycles. The number of carbonyl (C=O) groups is 1. The molecule has 210 valence electrons. The van der Waals surface area contributed by atoms with Crippen molar-refractivity contribution in [3.63, 3.8) is 0 Å². The first-order chi connectivity index (χ1) is 19.2. The van der Waals surface area contributed by atoms with Gasteiger partial charge in [-0.2, -0.15) is 13.2 Å². The topological polar surface area (TPSA) is 53.4 Å². The van der Waals surface area contributed by atoms with Gasteiger partial charge in [-0.1, -0.05) is 41.9 Å². The number of halogens is 5. The zero-order chi connectivity index (χ0) is 28.4. The molecular weight excluding hydrogens is 544 g/mol. The second kappa shape index (κ2) is 11.7. The number of fused-ring (bicyclic) bond motifs is 1. The Hall–Kier alpha value is -3.23. The Kier molecular flexibility index (Phi) is 8.29. The molecular formula is C31H29ClF4N2O2. The largest absolute Gasteiger partial charge is 0.478 e. The molecule has 0 spiro atoms. The monoisotopic (exact) mass is 572 g/mol. The van der Waals surface area contributed by atoms with Gasteiger partial charge < -0.3 is 10.0 Å². The Morgan fingerprint density at radius 2 is 1.82 bits per heavy atom. The van der Waals surface area contributed by atoms with Crippen LogP contribution < -0.4 is 0 Å². The van der Waals surface area contributed by atoms with Gasteiger partial charge in [0.15, 0.2) is 0 Å². The summed E-state index contributed by atoms with van der Waals surface area (Å²) in [5, 5.41) is 9.10. The number of alkyl halides is 4. The summed E-state index contributed by atoms with van der Waals surface area (Å²) in [5.74, 6) is -0.537. The van der Waals surface area contributed by atoms with E-state index in [1.54, 1.807) is 12.1 Å². The summed E-state index contributed by atoms with van der Waals surface area (Å²) in [7, 11) is 0. The summed E-state index contributed by atoms with van der Waals surface area (Å²) in [5.41, 5.74) is 4.17. The van der Waals surface area contributed by atoms with Crippen LogP contribution in [0.5, 0.6) is 0 Å². The quantitative estimate of drug-likeness (QED) is 0.283. The number of aryl methyl sites for hydroxylation is 1. The lowest BCUT2D eigenvalue weighted by molar-refractivity contribution is -0.137. The van der Waals surface area contributed by atoms with E-state index in [0.29, 0.717) is 42.7 Å². The number of nitrogens with zero attached hydrogens (tertiary/aromatic N) is 2. The Morgan fingerprint density at radius 1 is 1.07 bits per heavy atom. The fourth-order valence-electron chi connectivity index (χ4n) is 5.77. The number of aromatic carboxylic acids is 1. The number of benzene rings is 2. The molecule has 5 rings (SSSR count). The maximum Gasteiger partial charge on any atom is 0.417 e. The van der Waals surface area contributed by atoms with E-state index in [0.717, 1.165) is 60.6 Å². The number of carboxylic acid groups (broad SMARTS) is 1. The SMILES string of the molecule is O=C(O)c1ccc2c(c1)CCCC(c1nccc(C(F)(F)F)c1Cl)=C2c1ccc(CC2CN(CCCF)C2)cc1. The Balaban J connectivity index is 1.56. The van der Waals surface area contributed by atoms with Gasteiger partial charge in [0, 0.05) is 25.8 Å². The van der Waals surface area contributed by atoms with Crippen LogP contribution in [0.4, 0.5) is 17.6 Å². The lowest BCUT2D eigenvalue weighted by Crippen LogP contribution is -2.47. The van der Waals surface area contributed by atoms with Gasteiger partial charge in [-0.15, -0.1) is 0 Å². The van der Waals surface area contributed by atoms with Crippen molar-refractivity contribution in [1.82, 2.24) is 9.88 Å². The normalized spacial score (nSPS) is 16.4. The van der Waals surface area contributed by atoms with E-state index in [2.05, 4.69) is 9.88 Å². The van der Waals surface area contributed by atoms with E-state index in [1.807, 2.05) is 24.3 Å². The van der Waals surface area contributed by atoms with E-state index < -0.39 is 22.7 Å². The predicted molar refractivity (Wildman–Crippen MR) is 147 cm³/mol. The van der Waals surface area contributed by atoms with Gasteiger partial charge in [0.2, 0.25) is 0 Å². The highest BCUT2D eigenvalue weighted by Gasteiger charge is 2.35. The first kappa shape index (κ1) is 28.3. The van der Waals surface area contributed by atoms with E-state index in [4.69, 9.17) is 11.6 Å². The predicted octanol–water partition coefficient (Wildman–Crippen LogP) is 7.58. The standard InChI is InChI=1S/C31H29ClF4N2O2/c32-28-26(31(34,35)36)11-13-37-29(28)25-4-1-3-22-16-23(30(39)40)9-10-24(22)27(25)21-7-5-19(6-8-21)15-20-17-38(18-20)14-2-12-33/h5-11,13,16,20H,1-4,12,14-15,17-18H2,(H,39,40). The van der Waals surface area contributed by atoms with E-state index >= 15 is 0 Å². The number of likely N-dealkylation sites (tertiary alicyclic amines) is 1. The fraction of sp³-hybridized carbons (Fsp3) is 0.355. The minimum absolute atomic E-state index is 0.0913. The molecule has 1 N–H and O–H groups in total. The molecule has 0 bridgehead atoms. The lowest BCUT2D eigenvalue weighted by atomic mass is 9.87. The molecule has 0 unspecified atom stereocenters. The number of pyridine rings is 1. The van der Waals surface area contributed by atoms with Crippen molar-refractivity contribution in [3.05, 3.63) is 98.8 Å². The maximum atomic E-state index is 13.7. The molecule has 2 aromatic carbocycles. The highest BCUT2D eigenvalue weighted by Crippen LogP contribution is 2.44. The van der Waals surface area contributed by atoms with Gasteiger partial charge in [0.05, 0.1) is 28.5 Å². The van der Waals surface area contributed by atoms with Gasteiger partial charge >= 0.3 is 12.1 Å². The maximum absolute atomic E-state index is 13.7. The van der Waals surface area contributed by atoms with Crippen molar-refractivity contribution < 1.29 is 27.5 Å². The van der Waals surface area contributed by atoms with Crippen molar-refractivity contribution in [2.24, 2.45) is 5.92 Å². The number of allylic oxidation sites excluding steroid dienone is 1. The Bertz CT molecular complexity index is 1430. The highest BCUT2D eigenvalue weighted by atomic mass is 35.5. The lowest BCUT2D eigenvalue weighted by Gasteiger charge is -2.39. The molecule has 2 heterocycles. The van der Waals surface area contributed by atoms with Gasteiger partial charge in [-0.3, -0.25) is 9.37 Å². The Labute approximate surface area is 235 Å². The first-order valence-corrected chi connectivity index (χ1v) is 13.7. The second-order valence-electron chi connectivity index (χ2n) is 10.5. The zero-order valence-electron chi connectivity index (χ0n) is 21.8. The van der Waals surface area contributed by atoms with Crippen molar-refractivity contribution >= 4 is 28.7 Å². The molecule has 2 aliphatic rings. The number of hydrogen-bond donors (Lipinski definition) is 1. The summed E-state index contributed by atoms with van der Waals surface area (Å²) >= 11 is 6.36. The van der Waals surface area contributed by atoms with Crippen LogP contribution in [0.15, 0.2) is 54.7 Å². The molecule has 40 heavy (non-hydrogen) atoms. The molecule has 1 aromatic heterocycles. The van der Waals surface area contributed by atoms with Crippen LogP contribution in [0.2, 0.25) is 5.02 Å². The summed E-state index contributed by atoms with van der Waals surface area (Å²) in [6, 6.07) is 13.8. The first-order valence-electron chi connectivity index (χ1n) is 13.3. The third kappa shape index (κ3) is 5.93. The molecule has 4 nitrogen and oxygen atoms in total. The molecule has 0 amide bonds. The van der Waals surface area contributed by atoms with Crippen LogP contribution in [-0.4, -0.2) is 47.3 Å². The van der Waals surface area contributed by atoms with E-state index in [9.17, 15) is 27.5 Å². The Morgan fingerprint density at radius 3 is 2.50 bits per heavy atom. The molecule has 9 heteroatoms. The molecule has 0 atom stereocenters. The van der Waals surface area contributed by atoms with Crippen LogP contribution in [0.3, 0.4) is 0 Å². The van der Waals surface area contributed by atoms with Crippen LogP contribution in [-0.2, 0) is 19.0 Å². The van der Waals surface area contributed by atoms with Gasteiger partial charge in [-0.25, -0.2) is 4.79 Å². The van der Waals surface area contributed by atoms with Gasteiger partial charge in [0.1, 0.15) is 0 Å². The zero-order valence-corrected chi connectivity index (χ0v) is 22.5. The molecule has 1 fully saturated rings. The summed E-state index contributed by atoms with van der Waals surface area (Å²) in [4.78, 5) is 18.2. The molecule has 0 radical (unpaired) electrons. The average molecular weight is 573 g/mol. The third-order valence-electron chi connectivity index (χ3n) is 7.68. The number of aromatic nitrogens is 1. The highest BCUT2D eigenvalue weighted by molar-refractivity contribution is 6.33. The molecule has 1 aliphatic carbocycles.